The molecule has 0 radical (unpaired) electrons. The average Bonchev–Trinajstić information content (AvgIpc) is 2.27. The first-order chi connectivity index (χ1) is 7.26. The van der Waals surface area contributed by atoms with Crippen molar-refractivity contribution in [2.45, 2.75) is 13.0 Å². The summed E-state index contributed by atoms with van der Waals surface area (Å²) < 4.78 is 10.2. The maximum Gasteiger partial charge on any atom is 0.118 e. The van der Waals surface area contributed by atoms with Crippen LogP contribution in [0.4, 0.5) is 0 Å². The minimum Gasteiger partial charge on any atom is -0.497 e. The van der Waals surface area contributed by atoms with Crippen molar-refractivity contribution in [1.82, 2.24) is 0 Å². The Morgan fingerprint density at radius 1 is 1.27 bits per heavy atom. The van der Waals surface area contributed by atoms with E-state index in [0.717, 1.165) is 11.3 Å². The van der Waals surface area contributed by atoms with E-state index in [2.05, 4.69) is 6.58 Å². The van der Waals surface area contributed by atoms with Gasteiger partial charge in [0.05, 0.1) is 13.4 Å². The zero-order valence-corrected chi connectivity index (χ0v) is 9.14. The van der Waals surface area contributed by atoms with Crippen LogP contribution in [0.3, 0.4) is 0 Å². The normalized spacial score (nSPS) is 12.4. The second-order valence-electron chi connectivity index (χ2n) is 3.14. The number of hydrogen-bond acceptors (Lipinski definition) is 2. The molecule has 0 saturated carbocycles. The van der Waals surface area contributed by atoms with Gasteiger partial charge in [-0.15, -0.1) is 0 Å². The number of hydrogen-bond donors (Lipinski definition) is 0. The highest BCUT2D eigenvalue weighted by Gasteiger charge is 1.93. The van der Waals surface area contributed by atoms with Crippen LogP contribution in [0, 0.1) is 0 Å². The van der Waals surface area contributed by atoms with Crippen molar-refractivity contribution in [2.75, 3.05) is 7.11 Å². The molecule has 1 unspecified atom stereocenters. The van der Waals surface area contributed by atoms with E-state index in [4.69, 9.17) is 9.47 Å². The van der Waals surface area contributed by atoms with Crippen molar-refractivity contribution in [1.29, 1.82) is 0 Å². The number of methoxy groups -OCH3 is 1. The third kappa shape index (κ3) is 3.90. The van der Waals surface area contributed by atoms with Gasteiger partial charge in [0.1, 0.15) is 11.9 Å². The first kappa shape index (κ1) is 11.4. The molecule has 80 valence electrons. The molecule has 0 N–H and O–H groups in total. The second kappa shape index (κ2) is 5.91. The summed E-state index contributed by atoms with van der Waals surface area (Å²) in [7, 11) is 1.66. The Morgan fingerprint density at radius 2 is 1.93 bits per heavy atom. The lowest BCUT2D eigenvalue weighted by Crippen LogP contribution is -1.97. The summed E-state index contributed by atoms with van der Waals surface area (Å²) in [5.41, 5.74) is 1.12. The summed E-state index contributed by atoms with van der Waals surface area (Å²) in [5.74, 6) is 0.863. The van der Waals surface area contributed by atoms with Gasteiger partial charge in [0.25, 0.3) is 0 Å². The highest BCUT2D eigenvalue weighted by molar-refractivity contribution is 5.50. The van der Waals surface area contributed by atoms with Crippen molar-refractivity contribution in [3.05, 3.63) is 48.7 Å². The Labute approximate surface area is 90.8 Å². The number of benzene rings is 1. The number of rotatable bonds is 5. The lowest BCUT2D eigenvalue weighted by molar-refractivity contribution is 0.206. The molecule has 2 nitrogen and oxygen atoms in total. The van der Waals surface area contributed by atoms with Crippen LogP contribution in [-0.2, 0) is 4.74 Å². The Balaban J connectivity index is 2.60. The van der Waals surface area contributed by atoms with Crippen molar-refractivity contribution in [3.8, 4) is 5.75 Å². The van der Waals surface area contributed by atoms with Crippen molar-refractivity contribution in [2.24, 2.45) is 0 Å². The number of ether oxygens (including phenoxy) is 2. The Morgan fingerprint density at radius 3 is 2.47 bits per heavy atom. The standard InChI is InChI=1S/C13H16O2/c1-4-15-11(2)5-6-12-7-9-13(14-3)10-8-12/h4-11H,1H2,2-3H3/b6-5+. The van der Waals surface area contributed by atoms with E-state index < -0.39 is 0 Å². The maximum atomic E-state index is 5.16. The van der Waals surface area contributed by atoms with E-state index in [1.54, 1.807) is 7.11 Å². The largest absolute Gasteiger partial charge is 0.497 e. The summed E-state index contributed by atoms with van der Waals surface area (Å²) in [6.45, 7) is 5.47. The molecule has 0 spiro atoms. The molecule has 0 aliphatic carbocycles. The molecule has 0 aliphatic heterocycles. The van der Waals surface area contributed by atoms with E-state index in [-0.39, 0.29) is 6.10 Å². The van der Waals surface area contributed by atoms with E-state index in [1.807, 2.05) is 43.3 Å². The van der Waals surface area contributed by atoms with Gasteiger partial charge in [-0.1, -0.05) is 24.8 Å². The fourth-order valence-electron chi connectivity index (χ4n) is 1.16. The molecule has 2 heteroatoms. The van der Waals surface area contributed by atoms with Gasteiger partial charge in [0, 0.05) is 0 Å². The van der Waals surface area contributed by atoms with E-state index in [0.29, 0.717) is 0 Å². The second-order valence-corrected chi connectivity index (χ2v) is 3.14. The topological polar surface area (TPSA) is 18.5 Å². The highest BCUT2D eigenvalue weighted by atomic mass is 16.5. The fourth-order valence-corrected chi connectivity index (χ4v) is 1.16. The summed E-state index contributed by atoms with van der Waals surface area (Å²) in [5, 5.41) is 0. The molecule has 1 aromatic rings. The van der Waals surface area contributed by atoms with Crippen LogP contribution in [0.2, 0.25) is 0 Å². The van der Waals surface area contributed by atoms with Crippen LogP contribution in [0.25, 0.3) is 6.08 Å². The Hall–Kier alpha value is -1.70. The minimum atomic E-state index is 0.0459. The SMILES string of the molecule is C=COC(C)/C=C/c1ccc(OC)cc1. The average molecular weight is 204 g/mol. The molecule has 0 aliphatic rings. The third-order valence-electron chi connectivity index (χ3n) is 1.99. The van der Waals surface area contributed by atoms with Crippen LogP contribution >= 0.6 is 0 Å². The summed E-state index contributed by atoms with van der Waals surface area (Å²) >= 11 is 0. The summed E-state index contributed by atoms with van der Waals surface area (Å²) in [6, 6.07) is 7.85. The molecule has 0 heterocycles. The monoisotopic (exact) mass is 204 g/mol. The van der Waals surface area contributed by atoms with Gasteiger partial charge >= 0.3 is 0 Å². The van der Waals surface area contributed by atoms with E-state index in [9.17, 15) is 0 Å². The first-order valence-electron chi connectivity index (χ1n) is 4.85. The lowest BCUT2D eigenvalue weighted by atomic mass is 10.2. The van der Waals surface area contributed by atoms with Crippen molar-refractivity contribution < 1.29 is 9.47 Å². The van der Waals surface area contributed by atoms with Crippen LogP contribution < -0.4 is 4.74 Å². The molecular formula is C13H16O2. The van der Waals surface area contributed by atoms with Gasteiger partial charge in [0.2, 0.25) is 0 Å². The Kier molecular flexibility index (Phi) is 4.48. The maximum absolute atomic E-state index is 5.16. The Bertz CT molecular complexity index is 325. The van der Waals surface area contributed by atoms with Gasteiger partial charge in [0.15, 0.2) is 0 Å². The summed E-state index contributed by atoms with van der Waals surface area (Å²) in [6.07, 6.45) is 5.48. The predicted octanol–water partition coefficient (Wildman–Crippen LogP) is 3.26. The zero-order chi connectivity index (χ0) is 11.1. The molecule has 0 bridgehead atoms. The smallest absolute Gasteiger partial charge is 0.118 e. The molecule has 1 aromatic carbocycles. The highest BCUT2D eigenvalue weighted by Crippen LogP contribution is 2.12. The van der Waals surface area contributed by atoms with E-state index >= 15 is 0 Å². The molecule has 1 rings (SSSR count). The van der Waals surface area contributed by atoms with Gasteiger partial charge in [-0.25, -0.2) is 0 Å². The van der Waals surface area contributed by atoms with Gasteiger partial charge < -0.3 is 9.47 Å². The van der Waals surface area contributed by atoms with Crippen molar-refractivity contribution in [3.63, 3.8) is 0 Å². The molecule has 15 heavy (non-hydrogen) atoms. The van der Waals surface area contributed by atoms with Gasteiger partial charge in [-0.2, -0.15) is 0 Å². The third-order valence-corrected chi connectivity index (χ3v) is 1.99. The molecule has 0 saturated heterocycles. The van der Waals surface area contributed by atoms with Crippen LogP contribution in [0.15, 0.2) is 43.2 Å². The lowest BCUT2D eigenvalue weighted by Gasteiger charge is -2.04. The molecule has 0 amide bonds. The molecule has 0 aromatic heterocycles. The quantitative estimate of drug-likeness (QED) is 0.685. The zero-order valence-electron chi connectivity index (χ0n) is 9.14. The predicted molar refractivity (Wildman–Crippen MR) is 62.8 cm³/mol. The first-order valence-corrected chi connectivity index (χ1v) is 4.85. The van der Waals surface area contributed by atoms with E-state index in [1.165, 1.54) is 6.26 Å². The van der Waals surface area contributed by atoms with Crippen molar-refractivity contribution >= 4 is 6.08 Å². The molecule has 1 atom stereocenters. The van der Waals surface area contributed by atoms with Crippen LogP contribution in [0.5, 0.6) is 5.75 Å². The summed E-state index contributed by atoms with van der Waals surface area (Å²) in [4.78, 5) is 0. The van der Waals surface area contributed by atoms with Crippen LogP contribution in [0.1, 0.15) is 12.5 Å². The molecule has 0 fully saturated rings. The minimum absolute atomic E-state index is 0.0459. The van der Waals surface area contributed by atoms with Gasteiger partial charge in [-0.05, 0) is 30.7 Å². The van der Waals surface area contributed by atoms with Crippen LogP contribution in [-0.4, -0.2) is 13.2 Å². The fraction of sp³-hybridized carbons (Fsp3) is 0.231. The van der Waals surface area contributed by atoms with Gasteiger partial charge in [-0.3, -0.25) is 0 Å². The molecular weight excluding hydrogens is 188 g/mol.